The molecule has 3 aromatic rings. The number of ketones is 2. The van der Waals surface area contributed by atoms with Gasteiger partial charge in [-0.05, 0) is 60.7 Å². The van der Waals surface area contributed by atoms with Crippen molar-refractivity contribution in [1.82, 2.24) is 0 Å². The summed E-state index contributed by atoms with van der Waals surface area (Å²) in [6, 6.07) is 15.0. The number of nitrogens with zero attached hydrogens (tertiary/aromatic N) is 3. The van der Waals surface area contributed by atoms with Gasteiger partial charge in [-0.2, -0.15) is 0 Å². The molecule has 192 valence electrons. The molecule has 1 saturated carbocycles. The molecule has 1 fully saturated rings. The van der Waals surface area contributed by atoms with Gasteiger partial charge in [-0.1, -0.05) is 35.4 Å². The van der Waals surface area contributed by atoms with Crippen LogP contribution < -0.4 is 0 Å². The standard InChI is InChI=1S/C28H23N3O7/c29-31-30-20-13-17(9-10-23(20)38-28(36)16-5-2-1-3-6-16)37-14-15-11-19-25(22(33)12-15)27(35)24-18(26(19)34)7-4-8-21(24)32/h1-8,11-12,17,20,23,32-33H,9-10,13-14H2/t17-,20-,23?/m1/s1. The summed E-state index contributed by atoms with van der Waals surface area (Å²) in [5.74, 6) is -2.30. The van der Waals surface area contributed by atoms with Crippen LogP contribution in [0.25, 0.3) is 10.4 Å². The topological polar surface area (TPSA) is 159 Å². The fourth-order valence-electron chi connectivity index (χ4n) is 4.98. The first-order valence-electron chi connectivity index (χ1n) is 12.1. The molecule has 5 rings (SSSR count). The molecule has 0 saturated heterocycles. The van der Waals surface area contributed by atoms with E-state index >= 15 is 0 Å². The number of hydrogen-bond acceptors (Lipinski definition) is 8. The molecule has 10 heteroatoms. The highest BCUT2D eigenvalue weighted by molar-refractivity contribution is 6.30. The minimum atomic E-state index is -0.627. The highest BCUT2D eigenvalue weighted by atomic mass is 16.5. The van der Waals surface area contributed by atoms with E-state index in [0.717, 1.165) is 0 Å². The third-order valence-electron chi connectivity index (χ3n) is 6.82. The highest BCUT2D eigenvalue weighted by Crippen LogP contribution is 2.37. The van der Waals surface area contributed by atoms with Crippen LogP contribution in [0.1, 0.15) is 67.0 Å². The zero-order valence-electron chi connectivity index (χ0n) is 20.1. The van der Waals surface area contributed by atoms with Crippen molar-refractivity contribution in [3.63, 3.8) is 0 Å². The van der Waals surface area contributed by atoms with Gasteiger partial charge in [0.15, 0.2) is 5.78 Å². The van der Waals surface area contributed by atoms with E-state index in [1.165, 1.54) is 30.3 Å². The third-order valence-corrected chi connectivity index (χ3v) is 6.82. The van der Waals surface area contributed by atoms with Crippen LogP contribution in [0, 0.1) is 0 Å². The van der Waals surface area contributed by atoms with E-state index in [2.05, 4.69) is 10.0 Å². The molecule has 2 N–H and O–H groups in total. The first kappa shape index (κ1) is 25.0. The molecule has 0 aromatic heterocycles. The maximum absolute atomic E-state index is 13.1. The van der Waals surface area contributed by atoms with Gasteiger partial charge in [0.25, 0.3) is 0 Å². The second kappa shape index (κ2) is 10.4. The Labute approximate surface area is 217 Å². The number of ether oxygens (including phenoxy) is 2. The number of esters is 1. The van der Waals surface area contributed by atoms with Gasteiger partial charge in [-0.25, -0.2) is 4.79 Å². The van der Waals surface area contributed by atoms with E-state index in [-0.39, 0.29) is 46.5 Å². The predicted octanol–water partition coefficient (Wildman–Crippen LogP) is 4.85. The second-order valence-electron chi connectivity index (χ2n) is 9.22. The Morgan fingerprint density at radius 3 is 2.47 bits per heavy atom. The smallest absolute Gasteiger partial charge is 0.338 e. The van der Waals surface area contributed by atoms with Crippen LogP contribution >= 0.6 is 0 Å². The quantitative estimate of drug-likeness (QED) is 0.161. The summed E-state index contributed by atoms with van der Waals surface area (Å²) in [6.07, 6.45) is 0.357. The first-order valence-corrected chi connectivity index (χ1v) is 12.1. The van der Waals surface area contributed by atoms with Crippen LogP contribution in [0.4, 0.5) is 0 Å². The van der Waals surface area contributed by atoms with Crippen LogP contribution in [0.3, 0.4) is 0 Å². The van der Waals surface area contributed by atoms with Gasteiger partial charge in [-0.15, -0.1) is 0 Å². The van der Waals surface area contributed by atoms with Crippen LogP contribution in [0.5, 0.6) is 11.5 Å². The van der Waals surface area contributed by atoms with Crippen molar-refractivity contribution in [3.8, 4) is 11.5 Å². The van der Waals surface area contributed by atoms with Crippen molar-refractivity contribution in [1.29, 1.82) is 0 Å². The Bertz CT molecular complexity index is 1480. The number of phenols is 2. The highest BCUT2D eigenvalue weighted by Gasteiger charge is 2.36. The molecule has 0 amide bonds. The number of benzene rings is 3. The van der Waals surface area contributed by atoms with Gasteiger partial charge in [-0.3, -0.25) is 9.59 Å². The normalized spacial score (nSPS) is 20.2. The van der Waals surface area contributed by atoms with E-state index in [0.29, 0.717) is 30.4 Å². The number of fused-ring (bicyclic) bond motifs is 2. The van der Waals surface area contributed by atoms with E-state index in [9.17, 15) is 24.6 Å². The zero-order chi connectivity index (χ0) is 26.8. The third kappa shape index (κ3) is 4.70. The van der Waals surface area contributed by atoms with Gasteiger partial charge in [0, 0.05) is 16.0 Å². The average molecular weight is 514 g/mol. The van der Waals surface area contributed by atoms with Crippen molar-refractivity contribution >= 4 is 17.5 Å². The lowest BCUT2D eigenvalue weighted by atomic mass is 9.82. The lowest BCUT2D eigenvalue weighted by molar-refractivity contribution is -0.0338. The molecule has 38 heavy (non-hydrogen) atoms. The lowest BCUT2D eigenvalue weighted by Crippen LogP contribution is -2.39. The summed E-state index contributed by atoms with van der Waals surface area (Å²) in [6.45, 7) is 0.0251. The van der Waals surface area contributed by atoms with Gasteiger partial charge >= 0.3 is 5.97 Å². The molecular weight excluding hydrogens is 490 g/mol. The maximum atomic E-state index is 13.1. The molecule has 2 aliphatic rings. The molecule has 0 heterocycles. The Kier molecular flexibility index (Phi) is 6.83. The number of aromatic hydroxyl groups is 2. The number of carbonyl (C=O) groups excluding carboxylic acids is 3. The molecule has 3 atom stereocenters. The number of hydrogen-bond donors (Lipinski definition) is 2. The summed E-state index contributed by atoms with van der Waals surface area (Å²) in [5, 5.41) is 24.5. The minimum Gasteiger partial charge on any atom is -0.507 e. The maximum Gasteiger partial charge on any atom is 0.338 e. The summed E-state index contributed by atoms with van der Waals surface area (Å²) in [5.41, 5.74) is 9.74. The van der Waals surface area contributed by atoms with Crippen molar-refractivity contribution in [2.45, 2.75) is 44.1 Å². The zero-order valence-corrected chi connectivity index (χ0v) is 20.1. The number of azide groups is 1. The van der Waals surface area contributed by atoms with Crippen molar-refractivity contribution in [2.24, 2.45) is 5.11 Å². The van der Waals surface area contributed by atoms with Crippen LogP contribution in [-0.4, -0.2) is 46.0 Å². The van der Waals surface area contributed by atoms with E-state index in [1.54, 1.807) is 30.3 Å². The molecule has 3 aromatic carbocycles. The summed E-state index contributed by atoms with van der Waals surface area (Å²) in [4.78, 5) is 41.4. The minimum absolute atomic E-state index is 0.0251. The van der Waals surface area contributed by atoms with Gasteiger partial charge in [0.2, 0.25) is 5.78 Å². The van der Waals surface area contributed by atoms with Gasteiger partial charge in [0.1, 0.15) is 17.6 Å². The average Bonchev–Trinajstić information content (AvgIpc) is 2.92. The monoisotopic (exact) mass is 513 g/mol. The van der Waals surface area contributed by atoms with Crippen molar-refractivity contribution < 1.29 is 34.1 Å². The Morgan fingerprint density at radius 1 is 0.947 bits per heavy atom. The molecule has 2 aliphatic carbocycles. The van der Waals surface area contributed by atoms with Crippen molar-refractivity contribution in [2.75, 3.05) is 0 Å². The van der Waals surface area contributed by atoms with Crippen LogP contribution in [0.15, 0.2) is 65.8 Å². The van der Waals surface area contributed by atoms with Gasteiger partial charge < -0.3 is 19.7 Å². The summed E-state index contributed by atoms with van der Waals surface area (Å²) in [7, 11) is 0. The fraction of sp³-hybridized carbons (Fsp3) is 0.250. The Hall–Kier alpha value is -4.66. The number of phenolic OH excluding ortho intramolecular Hbond substituents is 2. The SMILES string of the molecule is [N-]=[N+]=N[C@@H]1C[C@H](OCc2cc(O)c3c(c2)C(=O)c2cccc(O)c2C3=O)CCC1OC(=O)c1ccccc1. The van der Waals surface area contributed by atoms with E-state index < -0.39 is 29.7 Å². The van der Waals surface area contributed by atoms with Crippen LogP contribution in [-0.2, 0) is 16.1 Å². The number of carbonyl (C=O) groups is 3. The van der Waals surface area contributed by atoms with Crippen LogP contribution in [0.2, 0.25) is 0 Å². The fourth-order valence-corrected chi connectivity index (χ4v) is 4.98. The van der Waals surface area contributed by atoms with Crippen molar-refractivity contribution in [3.05, 3.63) is 104 Å². The molecule has 1 unspecified atom stereocenters. The predicted molar refractivity (Wildman–Crippen MR) is 134 cm³/mol. The molecular formula is C28H23N3O7. The first-order chi connectivity index (χ1) is 18.4. The largest absolute Gasteiger partial charge is 0.507 e. The van der Waals surface area contributed by atoms with E-state index in [1.807, 2.05) is 0 Å². The van der Waals surface area contributed by atoms with E-state index in [4.69, 9.17) is 15.0 Å². The molecule has 0 radical (unpaired) electrons. The van der Waals surface area contributed by atoms with Gasteiger partial charge in [0.05, 0.1) is 35.4 Å². The Morgan fingerprint density at radius 2 is 1.71 bits per heavy atom. The summed E-state index contributed by atoms with van der Waals surface area (Å²) >= 11 is 0. The molecule has 0 spiro atoms. The molecule has 10 nitrogen and oxygen atoms in total. The summed E-state index contributed by atoms with van der Waals surface area (Å²) < 4.78 is 11.6. The molecule has 0 bridgehead atoms. The number of rotatable bonds is 6. The second-order valence-corrected chi connectivity index (χ2v) is 9.22. The lowest BCUT2D eigenvalue weighted by Gasteiger charge is -2.33. The molecule has 0 aliphatic heterocycles. The Balaban J connectivity index is 1.28.